The molecule has 2 rings (SSSR count). The largest absolute Gasteiger partial charge is 0.296 e. The number of nitrogens with zero attached hydrogens (tertiary/aromatic N) is 3. The first-order chi connectivity index (χ1) is 7.23. The number of rotatable bonds is 0. The Kier molecular flexibility index (Phi) is 2.81. The van der Waals surface area contributed by atoms with Gasteiger partial charge in [0.25, 0.3) is 10.2 Å². The number of piperazine rings is 1. The molecule has 0 saturated carbocycles. The average molecular weight is 247 g/mol. The smallest absolute Gasteiger partial charge is 0.282 e. The Bertz CT molecular complexity index is 374. The quantitative estimate of drug-likeness (QED) is 0.603. The Morgan fingerprint density at radius 2 is 1.75 bits per heavy atom. The van der Waals surface area contributed by atoms with Crippen LogP contribution in [0.3, 0.4) is 0 Å². The van der Waals surface area contributed by atoms with Crippen LogP contribution >= 0.6 is 0 Å². The molecule has 2 heterocycles. The molecule has 94 valence electrons. The van der Waals surface area contributed by atoms with Gasteiger partial charge in [-0.1, -0.05) is 0 Å². The molecule has 0 aromatic rings. The van der Waals surface area contributed by atoms with Crippen molar-refractivity contribution in [3.63, 3.8) is 0 Å². The third-order valence-corrected chi connectivity index (χ3v) is 5.55. The van der Waals surface area contributed by atoms with Crippen molar-refractivity contribution >= 4 is 10.2 Å². The van der Waals surface area contributed by atoms with Gasteiger partial charge in [-0.25, -0.2) is 0 Å². The highest BCUT2D eigenvalue weighted by molar-refractivity contribution is 7.87. The molecule has 5 nitrogen and oxygen atoms in total. The fourth-order valence-corrected chi connectivity index (χ4v) is 4.01. The predicted molar refractivity (Wildman–Crippen MR) is 63.4 cm³/mol. The van der Waals surface area contributed by atoms with Gasteiger partial charge in [-0.15, -0.1) is 0 Å². The first-order valence-corrected chi connectivity index (χ1v) is 7.11. The molecular formula is C10H21N3O2S. The van der Waals surface area contributed by atoms with E-state index in [9.17, 15) is 8.42 Å². The topological polar surface area (TPSA) is 43.9 Å². The van der Waals surface area contributed by atoms with Crippen LogP contribution in [-0.4, -0.2) is 66.7 Å². The van der Waals surface area contributed by atoms with Crippen molar-refractivity contribution in [2.24, 2.45) is 0 Å². The van der Waals surface area contributed by atoms with Crippen molar-refractivity contribution in [3.05, 3.63) is 0 Å². The Hall–Kier alpha value is -0.170. The minimum absolute atomic E-state index is 0.122. The van der Waals surface area contributed by atoms with Crippen molar-refractivity contribution < 1.29 is 8.42 Å². The van der Waals surface area contributed by atoms with Crippen molar-refractivity contribution in [2.45, 2.75) is 32.4 Å². The lowest BCUT2D eigenvalue weighted by Crippen LogP contribution is -2.57. The number of hydrogen-bond donors (Lipinski definition) is 0. The molecule has 0 unspecified atom stereocenters. The number of hydrogen-bond acceptors (Lipinski definition) is 3. The van der Waals surface area contributed by atoms with Crippen LogP contribution in [0, 0.1) is 0 Å². The summed E-state index contributed by atoms with van der Waals surface area (Å²) >= 11 is 0. The van der Waals surface area contributed by atoms with Crippen molar-refractivity contribution in [1.29, 1.82) is 0 Å². The van der Waals surface area contributed by atoms with E-state index in [1.54, 1.807) is 11.4 Å². The van der Waals surface area contributed by atoms with Crippen molar-refractivity contribution in [2.75, 3.05) is 33.2 Å². The van der Waals surface area contributed by atoms with Gasteiger partial charge in [0.05, 0.1) is 6.04 Å². The van der Waals surface area contributed by atoms with Gasteiger partial charge >= 0.3 is 0 Å². The van der Waals surface area contributed by atoms with E-state index in [-0.39, 0.29) is 11.6 Å². The molecule has 0 N–H and O–H groups in total. The van der Waals surface area contributed by atoms with E-state index in [0.29, 0.717) is 13.1 Å². The normalized spacial score (nSPS) is 32.9. The highest BCUT2D eigenvalue weighted by Crippen LogP contribution is 2.27. The van der Waals surface area contributed by atoms with Crippen LogP contribution in [0.15, 0.2) is 0 Å². The molecule has 0 spiro atoms. The zero-order valence-corrected chi connectivity index (χ0v) is 11.3. The van der Waals surface area contributed by atoms with Gasteiger partial charge in [-0.3, -0.25) is 4.90 Å². The first kappa shape index (κ1) is 12.3. The molecule has 0 bridgehead atoms. The third-order valence-electron chi connectivity index (χ3n) is 3.54. The van der Waals surface area contributed by atoms with Crippen molar-refractivity contribution in [1.82, 2.24) is 13.5 Å². The van der Waals surface area contributed by atoms with Gasteiger partial charge in [0.1, 0.15) is 0 Å². The predicted octanol–water partition coefficient (Wildman–Crippen LogP) is -0.0387. The lowest BCUT2D eigenvalue weighted by molar-refractivity contribution is 0.0663. The van der Waals surface area contributed by atoms with Crippen LogP contribution in [0.2, 0.25) is 0 Å². The Morgan fingerprint density at radius 3 is 2.31 bits per heavy atom. The van der Waals surface area contributed by atoms with Crippen molar-refractivity contribution in [3.8, 4) is 0 Å². The summed E-state index contributed by atoms with van der Waals surface area (Å²) in [5.41, 5.74) is 0.122. The molecule has 0 amide bonds. The molecule has 2 fully saturated rings. The van der Waals surface area contributed by atoms with E-state index in [1.807, 2.05) is 0 Å². The molecule has 2 aliphatic rings. The lowest BCUT2D eigenvalue weighted by atomic mass is 10.0. The molecule has 16 heavy (non-hydrogen) atoms. The van der Waals surface area contributed by atoms with Gasteiger partial charge < -0.3 is 0 Å². The van der Waals surface area contributed by atoms with Gasteiger partial charge in [-0.05, 0) is 20.8 Å². The van der Waals surface area contributed by atoms with Crippen LogP contribution < -0.4 is 0 Å². The maximum absolute atomic E-state index is 11.9. The van der Waals surface area contributed by atoms with E-state index < -0.39 is 10.2 Å². The van der Waals surface area contributed by atoms with Crippen LogP contribution in [-0.2, 0) is 10.2 Å². The summed E-state index contributed by atoms with van der Waals surface area (Å²) in [5.74, 6) is 0. The maximum Gasteiger partial charge on any atom is 0.282 e. The second kappa shape index (κ2) is 3.66. The number of likely N-dealkylation sites (N-methyl/N-ethyl adjacent to an activating group) is 1. The van der Waals surface area contributed by atoms with Crippen LogP contribution in [0.25, 0.3) is 0 Å². The van der Waals surface area contributed by atoms with E-state index in [0.717, 1.165) is 13.1 Å². The molecular weight excluding hydrogens is 226 g/mol. The fourth-order valence-electron chi connectivity index (χ4n) is 2.47. The van der Waals surface area contributed by atoms with E-state index in [2.05, 4.69) is 25.7 Å². The summed E-state index contributed by atoms with van der Waals surface area (Å²) in [6.07, 6.45) is 0. The molecule has 6 heteroatoms. The molecule has 0 aromatic heterocycles. The molecule has 1 atom stereocenters. The summed E-state index contributed by atoms with van der Waals surface area (Å²) in [4.78, 5) is 2.36. The molecule has 2 aliphatic heterocycles. The maximum atomic E-state index is 11.9. The Balaban J connectivity index is 2.16. The lowest BCUT2D eigenvalue weighted by Gasteiger charge is -2.43. The highest BCUT2D eigenvalue weighted by Gasteiger charge is 2.45. The Labute approximate surface area is 98.2 Å². The fraction of sp³-hybridized carbons (Fsp3) is 1.00. The molecule has 2 saturated heterocycles. The molecule has 0 aliphatic carbocycles. The summed E-state index contributed by atoms with van der Waals surface area (Å²) < 4.78 is 26.9. The van der Waals surface area contributed by atoms with Crippen LogP contribution in [0.1, 0.15) is 20.8 Å². The van der Waals surface area contributed by atoms with Gasteiger partial charge in [0, 0.05) is 38.8 Å². The minimum Gasteiger partial charge on any atom is -0.296 e. The molecule has 0 radical (unpaired) electrons. The summed E-state index contributed by atoms with van der Waals surface area (Å²) in [5, 5.41) is 0. The highest BCUT2D eigenvalue weighted by atomic mass is 32.2. The zero-order valence-electron chi connectivity index (χ0n) is 10.5. The minimum atomic E-state index is -3.15. The monoisotopic (exact) mass is 247 g/mol. The van der Waals surface area contributed by atoms with Gasteiger partial charge in [0.15, 0.2) is 0 Å². The second-order valence-electron chi connectivity index (χ2n) is 5.67. The number of fused-ring (bicyclic) bond motifs is 1. The zero-order chi connectivity index (χ0) is 12.1. The summed E-state index contributed by atoms with van der Waals surface area (Å²) in [6, 6.07) is 0.128. The SMILES string of the molecule is CN1C[C@@H]2CN(C(C)(C)C)CCN2S1(=O)=O. The van der Waals surface area contributed by atoms with E-state index in [1.165, 1.54) is 4.31 Å². The molecule has 0 aromatic carbocycles. The second-order valence-corrected chi connectivity index (χ2v) is 7.66. The van der Waals surface area contributed by atoms with Gasteiger partial charge in [-0.2, -0.15) is 17.0 Å². The van der Waals surface area contributed by atoms with E-state index in [4.69, 9.17) is 0 Å². The standard InChI is InChI=1S/C10H21N3O2S/c1-10(2,3)12-5-6-13-9(8-12)7-11(4)16(13,14)15/h9H,5-8H2,1-4H3/t9-/m1/s1. The first-order valence-electron chi connectivity index (χ1n) is 5.71. The average Bonchev–Trinajstić information content (AvgIpc) is 2.36. The van der Waals surface area contributed by atoms with Crippen LogP contribution in [0.5, 0.6) is 0 Å². The van der Waals surface area contributed by atoms with Crippen LogP contribution in [0.4, 0.5) is 0 Å². The summed E-state index contributed by atoms with van der Waals surface area (Å²) in [7, 11) is -1.49. The Morgan fingerprint density at radius 1 is 1.12 bits per heavy atom. The van der Waals surface area contributed by atoms with E-state index >= 15 is 0 Å². The third kappa shape index (κ3) is 1.88. The summed E-state index contributed by atoms with van der Waals surface area (Å²) in [6.45, 7) is 9.44. The van der Waals surface area contributed by atoms with Gasteiger partial charge in [0.2, 0.25) is 0 Å².